The average Bonchev–Trinajstić information content (AvgIpc) is 3.37. The van der Waals surface area contributed by atoms with Crippen molar-refractivity contribution in [1.29, 1.82) is 5.26 Å². The highest BCUT2D eigenvalue weighted by atomic mass is 15.2. The molecule has 0 spiro atoms. The van der Waals surface area contributed by atoms with Crippen molar-refractivity contribution in [3.05, 3.63) is 47.8 Å². The number of rotatable bonds is 5. The lowest BCUT2D eigenvalue weighted by molar-refractivity contribution is 0.966. The van der Waals surface area contributed by atoms with Crippen molar-refractivity contribution in [1.82, 2.24) is 20.2 Å². The Kier molecular flexibility index (Phi) is 3.78. The Bertz CT molecular complexity index is 950. The van der Waals surface area contributed by atoms with Crippen LogP contribution < -0.4 is 11.1 Å². The first-order valence-corrected chi connectivity index (χ1v) is 8.14. The zero-order valence-electron chi connectivity index (χ0n) is 13.5. The van der Waals surface area contributed by atoms with Crippen LogP contribution in [0.4, 0.5) is 17.3 Å². The zero-order chi connectivity index (χ0) is 17.2. The predicted octanol–water partition coefficient (Wildman–Crippen LogP) is 4.12. The number of anilines is 3. The monoisotopic (exact) mass is 339 g/mol. The maximum absolute atomic E-state index is 8.75. The Hall–Kier alpha value is -3.40. The highest BCUT2D eigenvalue weighted by Crippen LogP contribution is 2.39. The zero-order valence-corrected chi connectivity index (χ0v) is 13.5. The first kappa shape index (κ1) is 15.1. The van der Waals surface area contributed by atoms with Crippen molar-refractivity contribution in [2.45, 2.75) is 25.2 Å². The van der Waals surface area contributed by atoms with Gasteiger partial charge in [0.2, 0.25) is 0 Å². The van der Waals surface area contributed by atoms with E-state index >= 15 is 0 Å². The van der Waals surface area contributed by atoms with Crippen molar-refractivity contribution in [2.24, 2.45) is 0 Å². The number of aromatic amines is 1. The Morgan fingerprint density at radius 1 is 1.32 bits per heavy atom. The number of hydrogen-bond acceptors (Lipinski definition) is 6. The summed E-state index contributed by atoms with van der Waals surface area (Å²) in [6, 6.07) is 11.7. The van der Waals surface area contributed by atoms with E-state index in [1.54, 1.807) is 6.20 Å². The molecule has 1 aromatic carbocycles. The summed E-state index contributed by atoms with van der Waals surface area (Å²) in [5, 5.41) is 19.2. The molecule has 0 saturated heterocycles. The van der Waals surface area contributed by atoms with Crippen molar-refractivity contribution < 1.29 is 5.71 Å². The summed E-state index contributed by atoms with van der Waals surface area (Å²) in [6.07, 6.45) is 4.40. The molecule has 0 atom stereocenters. The van der Waals surface area contributed by atoms with Gasteiger partial charge < -0.3 is 11.1 Å². The van der Waals surface area contributed by atoms with Crippen molar-refractivity contribution in [3.8, 4) is 17.5 Å². The summed E-state index contributed by atoms with van der Waals surface area (Å²) in [5.74, 6) is 2.40. The molecule has 3 aromatic rings. The van der Waals surface area contributed by atoms with Gasteiger partial charge in [-0.05, 0) is 18.4 Å². The van der Waals surface area contributed by atoms with Gasteiger partial charge in [0.15, 0.2) is 17.5 Å². The molecule has 0 amide bonds. The number of nitrogen functional groups attached to an aromatic ring is 1. The van der Waals surface area contributed by atoms with E-state index in [4.69, 9.17) is 11.0 Å². The van der Waals surface area contributed by atoms with E-state index in [1.165, 1.54) is 12.8 Å². The van der Waals surface area contributed by atoms with Crippen LogP contribution in [0.2, 0.25) is 0 Å². The summed E-state index contributed by atoms with van der Waals surface area (Å²) in [5.41, 5.74) is 9.43. The van der Waals surface area contributed by atoms with Gasteiger partial charge in [0, 0.05) is 28.9 Å². The van der Waals surface area contributed by atoms with Crippen LogP contribution in [0, 0.1) is 11.3 Å². The summed E-state index contributed by atoms with van der Waals surface area (Å²) >= 11 is 0. The van der Waals surface area contributed by atoms with Gasteiger partial charge in [-0.3, -0.25) is 5.10 Å². The normalized spacial score (nSPS) is 13.4. The van der Waals surface area contributed by atoms with Gasteiger partial charge in [-0.15, -0.1) is 0 Å². The molecule has 2 aromatic heterocycles. The fourth-order valence-electron chi connectivity index (χ4n) is 2.62. The summed E-state index contributed by atoms with van der Waals surface area (Å²) in [6.45, 7) is 0. The second-order valence-corrected chi connectivity index (χ2v) is 6.14. The first-order valence-electron chi connectivity index (χ1n) is 8.14. The molecule has 7 heteroatoms. The van der Waals surface area contributed by atoms with E-state index in [0.29, 0.717) is 35.5 Å². The Morgan fingerprint density at radius 2 is 2.12 bits per heavy atom. The van der Waals surface area contributed by atoms with Gasteiger partial charge in [-0.1, -0.05) is 24.3 Å². The fourth-order valence-corrected chi connectivity index (χ4v) is 2.62. The van der Waals surface area contributed by atoms with Gasteiger partial charge in [0.25, 0.3) is 0 Å². The smallest absolute Gasteiger partial charge is 0.161 e. The first-order chi connectivity index (χ1) is 12.2. The van der Waals surface area contributed by atoms with E-state index in [2.05, 4.69) is 31.6 Å². The van der Waals surface area contributed by atoms with Crippen LogP contribution in [0.15, 0.2) is 36.5 Å². The number of aromatic nitrogens is 4. The Morgan fingerprint density at radius 3 is 2.84 bits per heavy atom. The molecule has 25 heavy (non-hydrogen) atoms. The molecule has 7 nitrogen and oxygen atoms in total. The molecule has 0 unspecified atom stereocenters. The standard InChI is InChI=1S/C18H17N7.4H2/c19-8-7-11-1-3-13(4-2-11)17-21-10-14(20)18(23-17)22-16-9-15(24-25-16)12-5-6-12;;;;/h1-4,9-10,12H,5-7,20H2,(H2,21,22,23,24,25);4*1H. The lowest BCUT2D eigenvalue weighted by Crippen LogP contribution is -2.02. The lowest BCUT2D eigenvalue weighted by Gasteiger charge is -2.08. The molecule has 1 aliphatic carbocycles. The van der Waals surface area contributed by atoms with Crippen LogP contribution in [0.25, 0.3) is 11.4 Å². The molecule has 132 valence electrons. The van der Waals surface area contributed by atoms with Crippen molar-refractivity contribution in [3.63, 3.8) is 0 Å². The number of nitriles is 1. The fraction of sp³-hybridized carbons (Fsp3) is 0.222. The SMILES string of the molecule is N#CCc1ccc(-c2ncc(N)c(Nc3cc(C4CC4)[nH]n3)n2)cc1.[HH].[HH].[HH].[HH]. The number of nitrogens with one attached hydrogen (secondary N) is 2. The quantitative estimate of drug-likeness (QED) is 0.644. The summed E-state index contributed by atoms with van der Waals surface area (Å²) in [4.78, 5) is 8.82. The van der Waals surface area contributed by atoms with Gasteiger partial charge in [-0.2, -0.15) is 10.4 Å². The van der Waals surface area contributed by atoms with Crippen molar-refractivity contribution in [2.75, 3.05) is 11.1 Å². The lowest BCUT2D eigenvalue weighted by atomic mass is 10.1. The Balaban J connectivity index is 0.00000196. The number of H-pyrrole nitrogens is 1. The van der Waals surface area contributed by atoms with E-state index in [1.807, 2.05) is 30.3 Å². The minimum atomic E-state index is 0. The number of nitrogens with zero attached hydrogens (tertiary/aromatic N) is 4. The molecule has 1 fully saturated rings. The molecule has 0 bridgehead atoms. The minimum absolute atomic E-state index is 0. The van der Waals surface area contributed by atoms with Crippen LogP contribution in [0.1, 0.15) is 35.7 Å². The van der Waals surface area contributed by atoms with Gasteiger partial charge in [-0.25, -0.2) is 9.97 Å². The maximum Gasteiger partial charge on any atom is 0.161 e. The maximum atomic E-state index is 8.75. The molecule has 1 aliphatic rings. The van der Waals surface area contributed by atoms with Crippen LogP contribution in [0.5, 0.6) is 0 Å². The molecule has 4 N–H and O–H groups in total. The highest BCUT2D eigenvalue weighted by Gasteiger charge is 2.25. The molecule has 4 rings (SSSR count). The third-order valence-electron chi connectivity index (χ3n) is 4.17. The molecule has 0 radical (unpaired) electrons. The summed E-state index contributed by atoms with van der Waals surface area (Å²) < 4.78 is 0. The molecule has 2 heterocycles. The molecule has 0 aliphatic heterocycles. The molecule has 1 saturated carbocycles. The second kappa shape index (κ2) is 6.24. The van der Waals surface area contributed by atoms with E-state index in [9.17, 15) is 0 Å². The third kappa shape index (κ3) is 3.28. The molecular formula is C18H25N7. The van der Waals surface area contributed by atoms with E-state index in [0.717, 1.165) is 16.8 Å². The number of hydrogen-bond donors (Lipinski definition) is 3. The van der Waals surface area contributed by atoms with Gasteiger partial charge >= 0.3 is 0 Å². The minimum Gasteiger partial charge on any atom is -0.394 e. The average molecular weight is 339 g/mol. The number of nitrogens with two attached hydrogens (primary N) is 1. The van der Waals surface area contributed by atoms with E-state index < -0.39 is 0 Å². The van der Waals surface area contributed by atoms with Gasteiger partial charge in [0.1, 0.15) is 0 Å². The topological polar surface area (TPSA) is 116 Å². The van der Waals surface area contributed by atoms with E-state index in [-0.39, 0.29) is 5.71 Å². The van der Waals surface area contributed by atoms with Crippen molar-refractivity contribution >= 4 is 17.3 Å². The Labute approximate surface area is 150 Å². The van der Waals surface area contributed by atoms with Crippen LogP contribution >= 0.6 is 0 Å². The molecular weight excluding hydrogens is 314 g/mol. The number of benzene rings is 1. The predicted molar refractivity (Wildman–Crippen MR) is 103 cm³/mol. The van der Waals surface area contributed by atoms with Crippen LogP contribution in [-0.4, -0.2) is 20.2 Å². The van der Waals surface area contributed by atoms with Crippen LogP contribution in [-0.2, 0) is 6.42 Å². The largest absolute Gasteiger partial charge is 0.394 e. The second-order valence-electron chi connectivity index (χ2n) is 6.14. The van der Waals surface area contributed by atoms with Crippen LogP contribution in [0.3, 0.4) is 0 Å². The summed E-state index contributed by atoms with van der Waals surface area (Å²) in [7, 11) is 0. The third-order valence-corrected chi connectivity index (χ3v) is 4.17. The van der Waals surface area contributed by atoms with Gasteiger partial charge in [0.05, 0.1) is 24.4 Å². The highest BCUT2D eigenvalue weighted by molar-refractivity contribution is 5.69.